The highest BCUT2D eigenvalue weighted by Crippen LogP contribution is 2.25. The van der Waals surface area contributed by atoms with Crippen molar-refractivity contribution in [3.63, 3.8) is 0 Å². The molecule has 0 aliphatic heterocycles. The average Bonchev–Trinajstić information content (AvgIpc) is 2.65. The molecular weight excluding hydrogens is 340 g/mol. The molecule has 0 spiro atoms. The number of carbonyl (C=O) groups excluding carboxylic acids is 1. The Morgan fingerprint density at radius 1 is 0.963 bits per heavy atom. The number of nitrogens with zero attached hydrogens (tertiary/aromatic N) is 2. The van der Waals surface area contributed by atoms with E-state index < -0.39 is 0 Å². The molecule has 0 radical (unpaired) electrons. The van der Waals surface area contributed by atoms with E-state index in [1.807, 2.05) is 13.8 Å². The lowest BCUT2D eigenvalue weighted by Crippen LogP contribution is -2.14. The van der Waals surface area contributed by atoms with Crippen LogP contribution in [0.3, 0.4) is 0 Å². The molecule has 6 nitrogen and oxygen atoms in total. The Balaban J connectivity index is 1.77. The number of nitrogens with one attached hydrogen (secondary N) is 2. The van der Waals surface area contributed by atoms with Gasteiger partial charge in [0.15, 0.2) is 0 Å². The number of anilines is 3. The minimum absolute atomic E-state index is 0.283. The summed E-state index contributed by atoms with van der Waals surface area (Å²) in [6, 6.07) is 13.0. The summed E-state index contributed by atoms with van der Waals surface area (Å²) in [6.45, 7) is 6.15. The maximum Gasteiger partial charge on any atom is 0.274 e. The number of amides is 1. The van der Waals surface area contributed by atoms with Crippen LogP contribution in [0.15, 0.2) is 48.8 Å². The van der Waals surface area contributed by atoms with Crippen molar-refractivity contribution >= 4 is 23.1 Å². The van der Waals surface area contributed by atoms with Crippen LogP contribution in [0.25, 0.3) is 0 Å². The van der Waals surface area contributed by atoms with Gasteiger partial charge in [0.05, 0.1) is 7.11 Å². The Hall–Kier alpha value is -3.41. The lowest BCUT2D eigenvalue weighted by atomic mass is 10.1. The van der Waals surface area contributed by atoms with Gasteiger partial charge in [-0.3, -0.25) is 4.79 Å². The van der Waals surface area contributed by atoms with E-state index in [-0.39, 0.29) is 11.6 Å². The molecule has 3 aromatic rings. The zero-order valence-corrected chi connectivity index (χ0v) is 15.8. The van der Waals surface area contributed by atoms with Gasteiger partial charge in [-0.2, -0.15) is 0 Å². The van der Waals surface area contributed by atoms with Gasteiger partial charge in [0.2, 0.25) is 0 Å². The van der Waals surface area contributed by atoms with E-state index in [4.69, 9.17) is 4.74 Å². The molecule has 6 heteroatoms. The van der Waals surface area contributed by atoms with Crippen LogP contribution >= 0.6 is 0 Å². The zero-order chi connectivity index (χ0) is 19.4. The largest absolute Gasteiger partial charge is 0.497 e. The summed E-state index contributed by atoms with van der Waals surface area (Å²) in [6.07, 6.45) is 1.38. The van der Waals surface area contributed by atoms with Crippen molar-refractivity contribution in [2.45, 2.75) is 20.8 Å². The second kappa shape index (κ2) is 7.86. The number of ether oxygens (including phenoxy) is 1. The van der Waals surface area contributed by atoms with Crippen molar-refractivity contribution in [1.29, 1.82) is 0 Å². The van der Waals surface area contributed by atoms with Crippen LogP contribution in [0.1, 0.15) is 27.2 Å². The number of hydrogen-bond donors (Lipinski definition) is 2. The predicted molar refractivity (Wildman–Crippen MR) is 107 cm³/mol. The average molecular weight is 362 g/mol. The lowest BCUT2D eigenvalue weighted by molar-refractivity contribution is 0.102. The predicted octanol–water partition coefficient (Wildman–Crippen LogP) is 4.41. The quantitative estimate of drug-likeness (QED) is 0.703. The molecule has 0 atom stereocenters. The number of aryl methyl sites for hydroxylation is 3. The van der Waals surface area contributed by atoms with Gasteiger partial charge in [0.1, 0.15) is 23.6 Å². The summed E-state index contributed by atoms with van der Waals surface area (Å²) >= 11 is 0. The minimum Gasteiger partial charge on any atom is -0.497 e. The Morgan fingerprint density at radius 3 is 2.26 bits per heavy atom. The lowest BCUT2D eigenvalue weighted by Gasteiger charge is -2.13. The third kappa shape index (κ3) is 4.41. The molecule has 3 rings (SSSR count). The Bertz CT molecular complexity index is 945. The fourth-order valence-corrected chi connectivity index (χ4v) is 2.92. The van der Waals surface area contributed by atoms with Gasteiger partial charge in [-0.15, -0.1) is 0 Å². The van der Waals surface area contributed by atoms with Crippen LogP contribution in [0.2, 0.25) is 0 Å². The molecule has 0 saturated carbocycles. The smallest absolute Gasteiger partial charge is 0.274 e. The van der Waals surface area contributed by atoms with Gasteiger partial charge in [-0.1, -0.05) is 17.7 Å². The van der Waals surface area contributed by atoms with Crippen molar-refractivity contribution in [3.8, 4) is 5.75 Å². The van der Waals surface area contributed by atoms with Crippen LogP contribution in [-0.2, 0) is 0 Å². The third-order valence-electron chi connectivity index (χ3n) is 4.18. The van der Waals surface area contributed by atoms with Crippen molar-refractivity contribution in [3.05, 3.63) is 71.2 Å². The van der Waals surface area contributed by atoms with Gasteiger partial charge >= 0.3 is 0 Å². The van der Waals surface area contributed by atoms with Crippen molar-refractivity contribution in [1.82, 2.24) is 9.97 Å². The molecule has 0 fully saturated rings. The van der Waals surface area contributed by atoms with Gasteiger partial charge in [0.25, 0.3) is 5.91 Å². The fourth-order valence-electron chi connectivity index (χ4n) is 2.92. The number of benzene rings is 2. The van der Waals surface area contributed by atoms with E-state index >= 15 is 0 Å². The highest BCUT2D eigenvalue weighted by molar-refractivity contribution is 6.03. The van der Waals surface area contributed by atoms with Crippen LogP contribution in [0.4, 0.5) is 17.2 Å². The van der Waals surface area contributed by atoms with E-state index in [9.17, 15) is 4.79 Å². The van der Waals surface area contributed by atoms with Crippen molar-refractivity contribution in [2.24, 2.45) is 0 Å². The first kappa shape index (κ1) is 18.4. The van der Waals surface area contributed by atoms with E-state index in [0.29, 0.717) is 11.5 Å². The monoisotopic (exact) mass is 362 g/mol. The van der Waals surface area contributed by atoms with Crippen LogP contribution in [-0.4, -0.2) is 23.0 Å². The van der Waals surface area contributed by atoms with Crippen molar-refractivity contribution < 1.29 is 9.53 Å². The number of carbonyl (C=O) groups is 1. The maximum atomic E-state index is 12.5. The van der Waals surface area contributed by atoms with E-state index in [1.165, 1.54) is 11.9 Å². The first-order chi connectivity index (χ1) is 13.0. The second-order valence-corrected chi connectivity index (χ2v) is 6.37. The summed E-state index contributed by atoms with van der Waals surface area (Å²) < 4.78 is 5.12. The highest BCUT2D eigenvalue weighted by Gasteiger charge is 2.11. The zero-order valence-electron chi connectivity index (χ0n) is 15.8. The number of aromatic nitrogens is 2. The van der Waals surface area contributed by atoms with Gasteiger partial charge in [-0.25, -0.2) is 9.97 Å². The molecule has 0 unspecified atom stereocenters. The molecule has 2 aromatic carbocycles. The molecule has 2 N–H and O–H groups in total. The SMILES string of the molecule is COc1ccc(NC(=O)c2cc(Nc3c(C)cc(C)cc3C)ncn2)cc1. The normalized spacial score (nSPS) is 10.4. The highest BCUT2D eigenvalue weighted by atomic mass is 16.5. The van der Waals surface area contributed by atoms with Gasteiger partial charge in [-0.05, 0) is 56.2 Å². The van der Waals surface area contributed by atoms with Crippen LogP contribution < -0.4 is 15.4 Å². The number of rotatable bonds is 5. The first-order valence-electron chi connectivity index (χ1n) is 8.58. The summed E-state index contributed by atoms with van der Waals surface area (Å²) in [5.41, 5.74) is 5.38. The Morgan fingerprint density at radius 2 is 1.63 bits per heavy atom. The number of hydrogen-bond acceptors (Lipinski definition) is 5. The summed E-state index contributed by atoms with van der Waals surface area (Å²) in [4.78, 5) is 20.8. The molecule has 0 bridgehead atoms. The molecule has 0 aliphatic carbocycles. The molecule has 1 amide bonds. The molecule has 138 valence electrons. The van der Waals surface area contributed by atoms with Gasteiger partial charge < -0.3 is 15.4 Å². The van der Waals surface area contributed by atoms with E-state index in [1.54, 1.807) is 37.4 Å². The second-order valence-electron chi connectivity index (χ2n) is 6.37. The molecular formula is C21H22N4O2. The van der Waals surface area contributed by atoms with E-state index in [0.717, 1.165) is 22.6 Å². The molecule has 0 aliphatic rings. The Kier molecular flexibility index (Phi) is 5.35. The standard InChI is InChI=1S/C21H22N4O2/c1-13-9-14(2)20(15(3)10-13)25-19-11-18(22-12-23-19)21(26)24-16-5-7-17(27-4)8-6-16/h5-12H,1-4H3,(H,24,26)(H,22,23,25). The Labute approximate surface area is 158 Å². The van der Waals surface area contributed by atoms with E-state index in [2.05, 4.69) is 39.7 Å². The number of methoxy groups -OCH3 is 1. The first-order valence-corrected chi connectivity index (χ1v) is 8.58. The molecule has 27 heavy (non-hydrogen) atoms. The third-order valence-corrected chi connectivity index (χ3v) is 4.18. The van der Waals surface area contributed by atoms with Crippen LogP contribution in [0, 0.1) is 20.8 Å². The summed E-state index contributed by atoms with van der Waals surface area (Å²) in [7, 11) is 1.60. The minimum atomic E-state index is -0.303. The maximum absolute atomic E-state index is 12.5. The molecule has 0 saturated heterocycles. The van der Waals surface area contributed by atoms with Gasteiger partial charge in [0, 0.05) is 17.4 Å². The van der Waals surface area contributed by atoms with Crippen LogP contribution in [0.5, 0.6) is 5.75 Å². The topological polar surface area (TPSA) is 76.1 Å². The summed E-state index contributed by atoms with van der Waals surface area (Å²) in [5, 5.41) is 6.11. The summed E-state index contributed by atoms with van der Waals surface area (Å²) in [5.74, 6) is 0.994. The molecule has 1 aromatic heterocycles. The molecule has 1 heterocycles. The van der Waals surface area contributed by atoms with Crippen molar-refractivity contribution in [2.75, 3.05) is 17.7 Å². The fraction of sp³-hybridized carbons (Fsp3) is 0.190.